The van der Waals surface area contributed by atoms with Gasteiger partial charge in [0.1, 0.15) is 0 Å². The monoisotopic (exact) mass is 182 g/mol. The molecule has 1 saturated carbocycles. The average molecular weight is 182 g/mol. The smallest absolute Gasteiger partial charge is 0.209 e. The number of carbonyl (C=O) groups excluding carboxylic acids is 1. The second-order valence-corrected chi connectivity index (χ2v) is 4.35. The van der Waals surface area contributed by atoms with Crippen LogP contribution in [0.5, 0.6) is 0 Å². The predicted octanol–water partition coefficient (Wildman–Crippen LogP) is 0.463. The Morgan fingerprint density at radius 2 is 2.23 bits per heavy atom. The van der Waals surface area contributed by atoms with Gasteiger partial charge in [0.05, 0.1) is 0 Å². The Hall–Kier alpha value is -0.570. The van der Waals surface area contributed by atoms with Crippen LogP contribution in [0.1, 0.15) is 19.3 Å². The molecule has 1 aliphatic heterocycles. The number of hydrogen-bond donors (Lipinski definition) is 1. The van der Waals surface area contributed by atoms with Crippen molar-refractivity contribution < 1.29 is 4.79 Å². The Morgan fingerprint density at radius 3 is 3.00 bits per heavy atom. The molecule has 1 N–H and O–H groups in total. The molecular formula is C10H18N2O. The number of nitrogens with one attached hydrogen (secondary N) is 1. The first-order valence-electron chi connectivity index (χ1n) is 5.21. The molecular weight excluding hydrogens is 164 g/mol. The summed E-state index contributed by atoms with van der Waals surface area (Å²) in [6.45, 7) is 2.27. The highest BCUT2D eigenvalue weighted by Crippen LogP contribution is 2.34. The number of amides is 1. The summed E-state index contributed by atoms with van der Waals surface area (Å²) in [6.07, 6.45) is 4.80. The van der Waals surface area contributed by atoms with Crippen LogP contribution in [0.3, 0.4) is 0 Å². The fourth-order valence-electron chi connectivity index (χ4n) is 2.91. The summed E-state index contributed by atoms with van der Waals surface area (Å²) >= 11 is 0. The van der Waals surface area contributed by atoms with Gasteiger partial charge in [-0.1, -0.05) is 6.42 Å². The van der Waals surface area contributed by atoms with Crippen molar-refractivity contribution in [1.29, 1.82) is 0 Å². The Kier molecular flexibility index (Phi) is 2.54. The minimum atomic E-state index is 0.492. The number of hydrogen-bond acceptors (Lipinski definition) is 2. The van der Waals surface area contributed by atoms with Crippen LogP contribution >= 0.6 is 0 Å². The van der Waals surface area contributed by atoms with Crippen molar-refractivity contribution in [1.82, 2.24) is 10.2 Å². The van der Waals surface area contributed by atoms with Crippen LogP contribution in [0.25, 0.3) is 0 Å². The summed E-state index contributed by atoms with van der Waals surface area (Å²) in [7, 11) is 1.92. The van der Waals surface area contributed by atoms with Gasteiger partial charge in [-0.05, 0) is 31.2 Å². The molecule has 3 unspecified atom stereocenters. The third kappa shape index (κ3) is 1.57. The van der Waals surface area contributed by atoms with Crippen LogP contribution in [0.4, 0.5) is 0 Å². The Labute approximate surface area is 79.5 Å². The van der Waals surface area contributed by atoms with Gasteiger partial charge >= 0.3 is 0 Å². The van der Waals surface area contributed by atoms with Gasteiger partial charge in [-0.15, -0.1) is 0 Å². The number of nitrogens with zero attached hydrogens (tertiary/aromatic N) is 1. The summed E-state index contributed by atoms with van der Waals surface area (Å²) in [5.74, 6) is 1.53. The zero-order valence-electron chi connectivity index (χ0n) is 8.20. The van der Waals surface area contributed by atoms with E-state index in [2.05, 4.69) is 5.32 Å². The Morgan fingerprint density at radius 1 is 1.38 bits per heavy atom. The van der Waals surface area contributed by atoms with Gasteiger partial charge in [0.25, 0.3) is 0 Å². The Balaban J connectivity index is 2.05. The third-order valence-corrected chi connectivity index (χ3v) is 3.65. The van der Waals surface area contributed by atoms with E-state index in [4.69, 9.17) is 0 Å². The fourth-order valence-corrected chi connectivity index (χ4v) is 2.91. The highest BCUT2D eigenvalue weighted by Gasteiger charge is 2.37. The van der Waals surface area contributed by atoms with Gasteiger partial charge in [-0.3, -0.25) is 4.79 Å². The molecule has 3 atom stereocenters. The molecule has 1 saturated heterocycles. The lowest BCUT2D eigenvalue weighted by molar-refractivity contribution is -0.120. The lowest BCUT2D eigenvalue weighted by Gasteiger charge is -2.37. The Bertz CT molecular complexity index is 195. The van der Waals surface area contributed by atoms with Crippen LogP contribution in [-0.4, -0.2) is 37.5 Å². The van der Waals surface area contributed by atoms with E-state index in [1.54, 1.807) is 0 Å². The third-order valence-electron chi connectivity index (χ3n) is 3.65. The van der Waals surface area contributed by atoms with Crippen LogP contribution in [0.15, 0.2) is 0 Å². The van der Waals surface area contributed by atoms with Gasteiger partial charge in [-0.25, -0.2) is 0 Å². The van der Waals surface area contributed by atoms with Gasteiger partial charge in [0, 0.05) is 19.6 Å². The summed E-state index contributed by atoms with van der Waals surface area (Å²) in [4.78, 5) is 12.6. The average Bonchev–Trinajstić information content (AvgIpc) is 2.63. The lowest BCUT2D eigenvalue weighted by atomic mass is 9.77. The first-order valence-corrected chi connectivity index (χ1v) is 5.21. The van der Waals surface area contributed by atoms with Crippen molar-refractivity contribution in [2.45, 2.75) is 25.3 Å². The largest absolute Gasteiger partial charge is 0.345 e. The molecule has 2 fully saturated rings. The van der Waals surface area contributed by atoms with E-state index in [0.717, 1.165) is 25.4 Å². The van der Waals surface area contributed by atoms with E-state index in [-0.39, 0.29) is 0 Å². The zero-order chi connectivity index (χ0) is 9.26. The van der Waals surface area contributed by atoms with Crippen molar-refractivity contribution in [2.75, 3.05) is 20.1 Å². The molecule has 2 rings (SSSR count). The van der Waals surface area contributed by atoms with Crippen LogP contribution < -0.4 is 5.32 Å². The molecule has 3 heteroatoms. The van der Waals surface area contributed by atoms with Crippen molar-refractivity contribution in [3.8, 4) is 0 Å². The molecule has 13 heavy (non-hydrogen) atoms. The second kappa shape index (κ2) is 3.66. The molecule has 1 aliphatic carbocycles. The first kappa shape index (κ1) is 9.00. The number of rotatable bonds is 2. The molecule has 2 aliphatic rings. The van der Waals surface area contributed by atoms with Crippen LogP contribution in [0, 0.1) is 11.8 Å². The maximum absolute atomic E-state index is 10.7. The predicted molar refractivity (Wildman–Crippen MR) is 51.3 cm³/mol. The second-order valence-electron chi connectivity index (χ2n) is 4.35. The van der Waals surface area contributed by atoms with E-state index in [0.29, 0.717) is 12.0 Å². The SMILES string of the molecule is CN(C=O)C1CCCC2CNCC21. The van der Waals surface area contributed by atoms with E-state index < -0.39 is 0 Å². The minimum Gasteiger partial charge on any atom is -0.345 e. The molecule has 1 amide bonds. The van der Waals surface area contributed by atoms with Crippen LogP contribution in [0.2, 0.25) is 0 Å². The molecule has 0 radical (unpaired) electrons. The number of fused-ring (bicyclic) bond motifs is 1. The van der Waals surface area contributed by atoms with Crippen molar-refractivity contribution in [3.05, 3.63) is 0 Å². The lowest BCUT2D eigenvalue weighted by Crippen LogP contribution is -2.42. The highest BCUT2D eigenvalue weighted by atomic mass is 16.1. The van der Waals surface area contributed by atoms with Crippen molar-refractivity contribution in [2.24, 2.45) is 11.8 Å². The maximum atomic E-state index is 10.7. The molecule has 0 aromatic carbocycles. The topological polar surface area (TPSA) is 32.3 Å². The molecule has 1 heterocycles. The fraction of sp³-hybridized carbons (Fsp3) is 0.900. The quantitative estimate of drug-likeness (QED) is 0.629. The van der Waals surface area contributed by atoms with Gasteiger partial charge in [-0.2, -0.15) is 0 Å². The molecule has 0 spiro atoms. The molecule has 3 nitrogen and oxygen atoms in total. The van der Waals surface area contributed by atoms with E-state index in [1.807, 2.05) is 11.9 Å². The first-order chi connectivity index (χ1) is 6.33. The molecule has 0 aromatic rings. The van der Waals surface area contributed by atoms with E-state index in [9.17, 15) is 4.79 Å². The normalized spacial score (nSPS) is 38.4. The zero-order valence-corrected chi connectivity index (χ0v) is 8.20. The summed E-state index contributed by atoms with van der Waals surface area (Å²) in [5, 5.41) is 3.43. The highest BCUT2D eigenvalue weighted by molar-refractivity contribution is 5.47. The minimum absolute atomic E-state index is 0.492. The summed E-state index contributed by atoms with van der Waals surface area (Å²) in [6, 6.07) is 0.492. The van der Waals surface area contributed by atoms with E-state index >= 15 is 0 Å². The van der Waals surface area contributed by atoms with Crippen LogP contribution in [-0.2, 0) is 4.79 Å². The maximum Gasteiger partial charge on any atom is 0.209 e. The number of carbonyl (C=O) groups is 1. The standard InChI is InChI=1S/C10H18N2O/c1-12(7-13)10-4-2-3-8-5-11-6-9(8)10/h7-11H,2-6H2,1H3. The summed E-state index contributed by atoms with van der Waals surface area (Å²) < 4.78 is 0. The van der Waals surface area contributed by atoms with Gasteiger partial charge < -0.3 is 10.2 Å². The molecule has 0 aromatic heterocycles. The van der Waals surface area contributed by atoms with Gasteiger partial charge in [0.2, 0.25) is 6.41 Å². The molecule has 74 valence electrons. The van der Waals surface area contributed by atoms with Crippen molar-refractivity contribution >= 4 is 6.41 Å². The molecule has 0 bridgehead atoms. The van der Waals surface area contributed by atoms with Crippen molar-refractivity contribution in [3.63, 3.8) is 0 Å². The van der Waals surface area contributed by atoms with Gasteiger partial charge in [0.15, 0.2) is 0 Å². The van der Waals surface area contributed by atoms with E-state index in [1.165, 1.54) is 19.3 Å². The summed E-state index contributed by atoms with van der Waals surface area (Å²) in [5.41, 5.74) is 0.